The van der Waals surface area contributed by atoms with Crippen molar-refractivity contribution in [1.29, 1.82) is 0 Å². The second kappa shape index (κ2) is 7.53. The number of thiazole rings is 1. The van der Waals surface area contributed by atoms with Crippen molar-refractivity contribution < 1.29 is 14.3 Å². The van der Waals surface area contributed by atoms with Crippen LogP contribution in [0, 0.1) is 0 Å². The summed E-state index contributed by atoms with van der Waals surface area (Å²) in [4.78, 5) is 18.6. The number of methoxy groups -OCH3 is 2. The standard InChI is InChI=1S/C17H21N3O3S/c1-22-13-5-6-15(23-2)14(10-13)19-17-18-12(11-24-17)9-16(21)20-7-3-4-8-20/h5-6,10-11H,3-4,7-9H2,1-2H3,(H,18,19). The lowest BCUT2D eigenvalue weighted by Gasteiger charge is -2.13. The van der Waals surface area contributed by atoms with Crippen LogP contribution in [0.4, 0.5) is 10.8 Å². The Hall–Kier alpha value is -2.28. The molecule has 1 amide bonds. The van der Waals surface area contributed by atoms with E-state index in [-0.39, 0.29) is 5.91 Å². The van der Waals surface area contributed by atoms with Crippen molar-refractivity contribution in [1.82, 2.24) is 9.88 Å². The molecule has 1 N–H and O–H groups in total. The predicted octanol–water partition coefficient (Wildman–Crippen LogP) is 3.07. The first-order valence-corrected chi connectivity index (χ1v) is 8.79. The summed E-state index contributed by atoms with van der Waals surface area (Å²) in [6.45, 7) is 1.74. The van der Waals surface area contributed by atoms with Crippen molar-refractivity contribution in [2.45, 2.75) is 19.3 Å². The lowest BCUT2D eigenvalue weighted by molar-refractivity contribution is -0.129. The number of carbonyl (C=O) groups is 1. The van der Waals surface area contributed by atoms with Crippen molar-refractivity contribution in [2.24, 2.45) is 0 Å². The average molecular weight is 347 g/mol. The normalized spacial score (nSPS) is 13.8. The van der Waals surface area contributed by atoms with Gasteiger partial charge in [0.25, 0.3) is 0 Å². The zero-order valence-electron chi connectivity index (χ0n) is 13.9. The molecular formula is C17H21N3O3S. The Morgan fingerprint density at radius 2 is 2.08 bits per heavy atom. The summed E-state index contributed by atoms with van der Waals surface area (Å²) in [5.74, 6) is 1.60. The maximum absolute atomic E-state index is 12.2. The minimum absolute atomic E-state index is 0.156. The van der Waals surface area contributed by atoms with Gasteiger partial charge in [0.05, 0.1) is 32.0 Å². The molecule has 0 unspecified atom stereocenters. The van der Waals surface area contributed by atoms with Crippen molar-refractivity contribution in [3.8, 4) is 11.5 Å². The number of likely N-dealkylation sites (tertiary alicyclic amines) is 1. The van der Waals surface area contributed by atoms with Crippen LogP contribution in [0.3, 0.4) is 0 Å². The molecule has 24 heavy (non-hydrogen) atoms. The highest BCUT2D eigenvalue weighted by molar-refractivity contribution is 7.13. The molecular weight excluding hydrogens is 326 g/mol. The summed E-state index contributed by atoms with van der Waals surface area (Å²) in [6.07, 6.45) is 2.56. The third kappa shape index (κ3) is 3.79. The molecule has 2 heterocycles. The fourth-order valence-electron chi connectivity index (χ4n) is 2.71. The number of hydrogen-bond acceptors (Lipinski definition) is 6. The first-order valence-electron chi connectivity index (χ1n) is 7.91. The number of aromatic nitrogens is 1. The van der Waals surface area contributed by atoms with E-state index in [2.05, 4.69) is 10.3 Å². The molecule has 0 spiro atoms. The second-order valence-electron chi connectivity index (χ2n) is 5.60. The molecule has 0 saturated carbocycles. The molecule has 1 fully saturated rings. The lowest BCUT2D eigenvalue weighted by atomic mass is 10.2. The lowest BCUT2D eigenvalue weighted by Crippen LogP contribution is -2.29. The Labute approximate surface area is 145 Å². The maximum atomic E-state index is 12.2. The van der Waals surface area contributed by atoms with Crippen molar-refractivity contribution in [3.05, 3.63) is 29.3 Å². The fraction of sp³-hybridized carbons (Fsp3) is 0.412. The molecule has 0 aliphatic carbocycles. The molecule has 1 aromatic carbocycles. The minimum Gasteiger partial charge on any atom is -0.497 e. The molecule has 1 aliphatic heterocycles. The maximum Gasteiger partial charge on any atom is 0.228 e. The Kier molecular flexibility index (Phi) is 5.20. The molecule has 0 bridgehead atoms. The summed E-state index contributed by atoms with van der Waals surface area (Å²) < 4.78 is 10.6. The highest BCUT2D eigenvalue weighted by Crippen LogP contribution is 2.32. The monoisotopic (exact) mass is 347 g/mol. The van der Waals surface area contributed by atoms with Gasteiger partial charge >= 0.3 is 0 Å². The van der Waals surface area contributed by atoms with E-state index in [1.165, 1.54) is 11.3 Å². The average Bonchev–Trinajstić information content (AvgIpc) is 3.27. The third-order valence-electron chi connectivity index (χ3n) is 3.99. The van der Waals surface area contributed by atoms with Crippen LogP contribution >= 0.6 is 11.3 Å². The number of ether oxygens (including phenoxy) is 2. The number of anilines is 2. The number of amides is 1. The van der Waals surface area contributed by atoms with Crippen molar-refractivity contribution in [2.75, 3.05) is 32.6 Å². The van der Waals surface area contributed by atoms with Gasteiger partial charge in [-0.2, -0.15) is 0 Å². The van der Waals surface area contributed by atoms with E-state index in [9.17, 15) is 4.79 Å². The zero-order chi connectivity index (χ0) is 16.9. The first-order chi connectivity index (χ1) is 11.7. The Morgan fingerprint density at radius 3 is 2.79 bits per heavy atom. The summed E-state index contributed by atoms with van der Waals surface area (Å²) in [5.41, 5.74) is 1.57. The Morgan fingerprint density at radius 1 is 1.29 bits per heavy atom. The van der Waals surface area contributed by atoms with E-state index in [4.69, 9.17) is 9.47 Å². The van der Waals surface area contributed by atoms with Gasteiger partial charge in [-0.15, -0.1) is 11.3 Å². The van der Waals surface area contributed by atoms with Gasteiger partial charge in [-0.25, -0.2) is 4.98 Å². The SMILES string of the molecule is COc1ccc(OC)c(Nc2nc(CC(=O)N3CCCC3)cs2)c1. The molecule has 2 aromatic rings. The Bertz CT molecular complexity index is 711. The van der Waals surface area contributed by atoms with Crippen LogP contribution in [0.1, 0.15) is 18.5 Å². The summed E-state index contributed by atoms with van der Waals surface area (Å²) in [7, 11) is 3.24. The van der Waals surface area contributed by atoms with Gasteiger partial charge in [-0.05, 0) is 25.0 Å². The molecule has 0 radical (unpaired) electrons. The van der Waals surface area contributed by atoms with Gasteiger partial charge < -0.3 is 19.7 Å². The third-order valence-corrected chi connectivity index (χ3v) is 4.80. The molecule has 6 nitrogen and oxygen atoms in total. The van der Waals surface area contributed by atoms with Gasteiger partial charge in [0.2, 0.25) is 5.91 Å². The predicted molar refractivity (Wildman–Crippen MR) is 94.5 cm³/mol. The van der Waals surface area contributed by atoms with E-state index >= 15 is 0 Å². The van der Waals surface area contributed by atoms with Crippen LogP contribution in [0.25, 0.3) is 0 Å². The largest absolute Gasteiger partial charge is 0.497 e. The number of nitrogens with zero attached hydrogens (tertiary/aromatic N) is 2. The van der Waals surface area contributed by atoms with Crippen LogP contribution in [0.2, 0.25) is 0 Å². The molecule has 128 valence electrons. The van der Waals surface area contributed by atoms with Crippen LogP contribution in [-0.2, 0) is 11.2 Å². The minimum atomic E-state index is 0.156. The summed E-state index contributed by atoms with van der Waals surface area (Å²) in [5, 5.41) is 5.89. The summed E-state index contributed by atoms with van der Waals surface area (Å²) >= 11 is 1.47. The second-order valence-corrected chi connectivity index (χ2v) is 6.46. The van der Waals surface area contributed by atoms with Gasteiger partial charge in [0, 0.05) is 24.5 Å². The molecule has 1 saturated heterocycles. The Balaban J connectivity index is 1.68. The topological polar surface area (TPSA) is 63.7 Å². The number of hydrogen-bond donors (Lipinski definition) is 1. The quantitative estimate of drug-likeness (QED) is 0.870. The number of nitrogens with one attached hydrogen (secondary N) is 1. The van der Waals surface area contributed by atoms with Crippen LogP contribution in [0.15, 0.2) is 23.6 Å². The highest BCUT2D eigenvalue weighted by Gasteiger charge is 2.19. The van der Waals surface area contributed by atoms with E-state index in [0.29, 0.717) is 12.2 Å². The zero-order valence-corrected chi connectivity index (χ0v) is 14.7. The van der Waals surface area contributed by atoms with Crippen LogP contribution in [0.5, 0.6) is 11.5 Å². The van der Waals surface area contributed by atoms with E-state index in [0.717, 1.165) is 48.2 Å². The van der Waals surface area contributed by atoms with Gasteiger partial charge in [-0.1, -0.05) is 0 Å². The fourth-order valence-corrected chi connectivity index (χ4v) is 3.43. The van der Waals surface area contributed by atoms with Crippen LogP contribution < -0.4 is 14.8 Å². The number of benzene rings is 1. The molecule has 0 atom stereocenters. The molecule has 7 heteroatoms. The van der Waals surface area contributed by atoms with E-state index in [1.54, 1.807) is 14.2 Å². The smallest absolute Gasteiger partial charge is 0.228 e. The van der Waals surface area contributed by atoms with E-state index < -0.39 is 0 Å². The highest BCUT2D eigenvalue weighted by atomic mass is 32.1. The van der Waals surface area contributed by atoms with Gasteiger partial charge in [-0.3, -0.25) is 4.79 Å². The van der Waals surface area contributed by atoms with Crippen molar-refractivity contribution >= 4 is 28.1 Å². The molecule has 3 rings (SSSR count). The van der Waals surface area contributed by atoms with E-state index in [1.807, 2.05) is 28.5 Å². The summed E-state index contributed by atoms with van der Waals surface area (Å²) in [6, 6.07) is 5.54. The van der Waals surface area contributed by atoms with Crippen LogP contribution in [-0.4, -0.2) is 43.1 Å². The first kappa shape index (κ1) is 16.6. The molecule has 1 aliphatic rings. The van der Waals surface area contributed by atoms with Crippen molar-refractivity contribution in [3.63, 3.8) is 0 Å². The molecule has 1 aromatic heterocycles. The van der Waals surface area contributed by atoms with Gasteiger partial charge in [0.15, 0.2) is 5.13 Å². The number of carbonyl (C=O) groups excluding carboxylic acids is 1. The number of rotatable bonds is 6. The van der Waals surface area contributed by atoms with Gasteiger partial charge in [0.1, 0.15) is 11.5 Å².